The molecule has 4 nitrogen and oxygen atoms in total. The van der Waals surface area contributed by atoms with Crippen LogP contribution in [0, 0.1) is 0 Å². The molecule has 0 atom stereocenters. The molecule has 0 unspecified atom stereocenters. The Labute approximate surface area is 170 Å². The van der Waals surface area contributed by atoms with E-state index in [4.69, 9.17) is 4.74 Å². The quantitative estimate of drug-likeness (QED) is 0.341. The highest BCUT2D eigenvalue weighted by Crippen LogP contribution is 2.42. The number of carbonyl (C=O) groups excluding carboxylic acids is 1. The molecule has 28 heavy (non-hydrogen) atoms. The second-order valence-corrected chi connectivity index (χ2v) is 11.1. The van der Waals surface area contributed by atoms with Gasteiger partial charge in [0, 0.05) is 16.4 Å². The van der Waals surface area contributed by atoms with E-state index < -0.39 is 7.14 Å². The van der Waals surface area contributed by atoms with Gasteiger partial charge in [-0.15, -0.1) is 0 Å². The molecule has 0 saturated heterocycles. The monoisotopic (exact) mass is 405 g/mol. The zero-order chi connectivity index (χ0) is 20.7. The topological polar surface area (TPSA) is 48.3 Å². The summed E-state index contributed by atoms with van der Waals surface area (Å²) < 4.78 is 20.7. The predicted octanol–water partition coefficient (Wildman–Crippen LogP) is 6.36. The number of benzene rings is 1. The van der Waals surface area contributed by atoms with Crippen molar-refractivity contribution in [3.63, 3.8) is 0 Å². The molecule has 0 bridgehead atoms. The van der Waals surface area contributed by atoms with Gasteiger partial charge in [-0.3, -0.25) is 0 Å². The minimum Gasteiger partial charge on any atom is -0.449 e. The van der Waals surface area contributed by atoms with Crippen molar-refractivity contribution in [1.82, 2.24) is 4.57 Å². The molecule has 2 aromatic rings. The lowest BCUT2D eigenvalue weighted by molar-refractivity contribution is 0.146. The Kier molecular flexibility index (Phi) is 8.37. The van der Waals surface area contributed by atoms with Crippen LogP contribution >= 0.6 is 7.14 Å². The van der Waals surface area contributed by atoms with E-state index in [1.54, 1.807) is 4.57 Å². The van der Waals surface area contributed by atoms with Gasteiger partial charge >= 0.3 is 6.09 Å². The Bertz CT molecular complexity index is 847. The van der Waals surface area contributed by atoms with E-state index in [2.05, 4.69) is 26.8 Å². The van der Waals surface area contributed by atoms with Gasteiger partial charge in [0.05, 0.1) is 12.1 Å². The third kappa shape index (κ3) is 5.08. The van der Waals surface area contributed by atoms with Crippen molar-refractivity contribution in [2.24, 2.45) is 0 Å². The molecule has 0 N–H and O–H groups in total. The summed E-state index contributed by atoms with van der Waals surface area (Å²) in [6.07, 6.45) is 7.32. The van der Waals surface area contributed by atoms with Crippen LogP contribution in [0.3, 0.4) is 0 Å². The predicted molar refractivity (Wildman–Crippen MR) is 120 cm³/mol. The molecular weight excluding hydrogens is 369 g/mol. The number of aromatic nitrogens is 1. The molecule has 2 rings (SSSR count). The molecule has 1 heterocycles. The molecule has 0 amide bonds. The van der Waals surface area contributed by atoms with E-state index in [1.165, 1.54) is 5.56 Å². The smallest absolute Gasteiger partial charge is 0.418 e. The maximum Gasteiger partial charge on any atom is 0.418 e. The minimum atomic E-state index is -2.58. The van der Waals surface area contributed by atoms with Gasteiger partial charge in [-0.25, -0.2) is 9.36 Å². The van der Waals surface area contributed by atoms with Crippen molar-refractivity contribution in [2.75, 3.05) is 19.9 Å². The number of hydrogen-bond acceptors (Lipinski definition) is 3. The average Bonchev–Trinajstić information content (AvgIpc) is 2.99. The summed E-state index contributed by atoms with van der Waals surface area (Å²) in [7, 11) is -2.58. The first-order valence-corrected chi connectivity index (χ1v) is 13.3. The summed E-state index contributed by atoms with van der Waals surface area (Å²) in [5.41, 5.74) is 2.92. The fourth-order valence-electron chi connectivity index (χ4n) is 3.75. The van der Waals surface area contributed by atoms with Crippen LogP contribution in [0.15, 0.2) is 18.2 Å². The molecule has 1 aromatic heterocycles. The molecule has 0 saturated carbocycles. The zero-order valence-corrected chi connectivity index (χ0v) is 19.1. The Hall–Kier alpha value is -1.54. The van der Waals surface area contributed by atoms with Gasteiger partial charge in [0.15, 0.2) is 0 Å². The van der Waals surface area contributed by atoms with Gasteiger partial charge in [0.1, 0.15) is 7.14 Å². The molecule has 0 fully saturated rings. The lowest BCUT2D eigenvalue weighted by Crippen LogP contribution is -2.20. The number of fused-ring (bicyclic) bond motifs is 1. The number of unbranched alkanes of at least 4 members (excludes halogenated alkanes) is 3. The second kappa shape index (κ2) is 10.3. The lowest BCUT2D eigenvalue weighted by atomic mass is 10.0. The van der Waals surface area contributed by atoms with E-state index in [1.807, 2.05) is 25.5 Å². The van der Waals surface area contributed by atoms with E-state index in [-0.39, 0.29) is 6.09 Å². The first-order chi connectivity index (χ1) is 13.4. The molecule has 5 heteroatoms. The van der Waals surface area contributed by atoms with Crippen molar-refractivity contribution in [1.29, 1.82) is 0 Å². The molecule has 1 aromatic carbocycles. The summed E-state index contributed by atoms with van der Waals surface area (Å²) in [6.45, 7) is 10.4. The van der Waals surface area contributed by atoms with E-state index >= 15 is 0 Å². The van der Waals surface area contributed by atoms with Gasteiger partial charge in [-0.1, -0.05) is 52.2 Å². The third-order valence-corrected chi connectivity index (χ3v) is 6.72. The molecule has 156 valence electrons. The Balaban J connectivity index is 2.74. The Morgan fingerprint density at radius 2 is 1.64 bits per heavy atom. The standard InChI is InChI=1S/C23H36NO3P/c1-6-9-13-18-14-12-16-19-21(18)22(28(4,5)26)20(15-10-7-2)24(19)23(25)27-17-11-8-3/h12,14,16H,6-11,13,15,17H2,1-5H3. The Morgan fingerprint density at radius 1 is 1.00 bits per heavy atom. The summed E-state index contributed by atoms with van der Waals surface area (Å²) in [6, 6.07) is 6.10. The average molecular weight is 406 g/mol. The highest BCUT2D eigenvalue weighted by atomic mass is 31.2. The zero-order valence-electron chi connectivity index (χ0n) is 18.2. The van der Waals surface area contributed by atoms with Crippen LogP contribution in [0.5, 0.6) is 0 Å². The molecule has 0 aliphatic rings. The van der Waals surface area contributed by atoms with Crippen LogP contribution in [0.1, 0.15) is 70.6 Å². The first kappa shape index (κ1) is 22.7. The van der Waals surface area contributed by atoms with Gasteiger partial charge in [-0.2, -0.15) is 0 Å². The van der Waals surface area contributed by atoms with Crippen LogP contribution in [0.4, 0.5) is 4.79 Å². The minimum absolute atomic E-state index is 0.336. The van der Waals surface area contributed by atoms with E-state index in [9.17, 15) is 9.36 Å². The maximum absolute atomic E-state index is 13.4. The SMILES string of the molecule is CCCCOC(=O)n1c(CCCC)c(P(C)(C)=O)c2c(CCCC)cccc21. The third-order valence-electron chi connectivity index (χ3n) is 5.16. The number of rotatable bonds is 10. The summed E-state index contributed by atoms with van der Waals surface area (Å²) >= 11 is 0. The lowest BCUT2D eigenvalue weighted by Gasteiger charge is -2.13. The van der Waals surface area contributed by atoms with Gasteiger partial charge in [0.25, 0.3) is 0 Å². The van der Waals surface area contributed by atoms with Crippen LogP contribution in [-0.4, -0.2) is 30.6 Å². The fourth-order valence-corrected chi connectivity index (χ4v) is 5.38. The van der Waals surface area contributed by atoms with Crippen LogP contribution in [0.25, 0.3) is 10.9 Å². The van der Waals surface area contributed by atoms with Crippen molar-refractivity contribution in [3.05, 3.63) is 29.5 Å². The van der Waals surface area contributed by atoms with Gasteiger partial charge < -0.3 is 9.30 Å². The highest BCUT2D eigenvalue weighted by Gasteiger charge is 2.29. The number of ether oxygens (including phenoxy) is 1. The summed E-state index contributed by atoms with van der Waals surface area (Å²) in [5.74, 6) is 0. The molecule has 0 spiro atoms. The second-order valence-electron chi connectivity index (χ2n) is 7.97. The maximum atomic E-state index is 13.4. The first-order valence-electron chi connectivity index (χ1n) is 10.7. The van der Waals surface area contributed by atoms with Crippen molar-refractivity contribution in [2.45, 2.75) is 72.1 Å². The molecule has 0 radical (unpaired) electrons. The normalized spacial score (nSPS) is 11.9. The number of nitrogens with zero attached hydrogens (tertiary/aromatic N) is 1. The number of carbonyl (C=O) groups is 1. The Morgan fingerprint density at radius 3 is 2.25 bits per heavy atom. The summed E-state index contributed by atoms with van der Waals surface area (Å²) in [4.78, 5) is 13.0. The van der Waals surface area contributed by atoms with Gasteiger partial charge in [-0.05, 0) is 57.1 Å². The largest absolute Gasteiger partial charge is 0.449 e. The van der Waals surface area contributed by atoms with Crippen molar-refractivity contribution < 1.29 is 14.1 Å². The van der Waals surface area contributed by atoms with Crippen LogP contribution < -0.4 is 5.30 Å². The van der Waals surface area contributed by atoms with Crippen molar-refractivity contribution >= 4 is 29.4 Å². The van der Waals surface area contributed by atoms with Crippen LogP contribution in [0.2, 0.25) is 0 Å². The van der Waals surface area contributed by atoms with Gasteiger partial charge in [0.2, 0.25) is 0 Å². The van der Waals surface area contributed by atoms with E-state index in [0.717, 1.165) is 73.3 Å². The summed E-state index contributed by atoms with van der Waals surface area (Å²) in [5, 5.41) is 1.90. The van der Waals surface area contributed by atoms with Crippen molar-refractivity contribution in [3.8, 4) is 0 Å². The molecule has 0 aliphatic carbocycles. The fraction of sp³-hybridized carbons (Fsp3) is 0.609. The van der Waals surface area contributed by atoms with E-state index in [0.29, 0.717) is 6.61 Å². The number of hydrogen-bond donors (Lipinski definition) is 0. The number of aryl methyl sites for hydroxylation is 1. The molecular formula is C23H36NO3P. The molecule has 0 aliphatic heterocycles. The van der Waals surface area contributed by atoms with Crippen LogP contribution in [-0.2, 0) is 22.1 Å². The highest BCUT2D eigenvalue weighted by molar-refractivity contribution is 7.70.